The fourth-order valence-corrected chi connectivity index (χ4v) is 2.55. The summed E-state index contributed by atoms with van der Waals surface area (Å²) >= 11 is 0. The molecule has 26 heavy (non-hydrogen) atoms. The van der Waals surface area contributed by atoms with Crippen LogP contribution in [0.4, 0.5) is 18.0 Å². The van der Waals surface area contributed by atoms with Crippen molar-refractivity contribution in [3.63, 3.8) is 0 Å². The maximum Gasteiger partial charge on any atom is 0.416 e. The Morgan fingerprint density at radius 1 is 1.04 bits per heavy atom. The molecular weight excluding hydrogens is 343 g/mol. The Labute approximate surface area is 151 Å². The van der Waals surface area contributed by atoms with E-state index in [4.69, 9.17) is 4.74 Å². The van der Waals surface area contributed by atoms with Crippen LogP contribution in [0.5, 0.6) is 5.75 Å². The van der Waals surface area contributed by atoms with Gasteiger partial charge in [0.05, 0.1) is 5.56 Å². The maximum atomic E-state index is 12.9. The van der Waals surface area contributed by atoms with Crippen LogP contribution in [0.25, 0.3) is 0 Å². The fraction of sp³-hybridized carbons (Fsp3) is 0.300. The lowest BCUT2D eigenvalue weighted by Crippen LogP contribution is -2.27. The minimum Gasteiger partial charge on any atom is -0.410 e. The van der Waals surface area contributed by atoms with Gasteiger partial charge in [0, 0.05) is 12.5 Å². The van der Waals surface area contributed by atoms with Crippen LogP contribution in [0.1, 0.15) is 43.4 Å². The van der Waals surface area contributed by atoms with E-state index >= 15 is 0 Å². The molecule has 0 fully saturated rings. The van der Waals surface area contributed by atoms with Crippen LogP contribution in [0.2, 0.25) is 0 Å². The molecule has 0 heterocycles. The molecule has 1 N–H and O–H groups in total. The van der Waals surface area contributed by atoms with Gasteiger partial charge in [-0.2, -0.15) is 13.2 Å². The molecule has 2 rings (SSSR count). The topological polar surface area (TPSA) is 38.3 Å². The summed E-state index contributed by atoms with van der Waals surface area (Å²) in [6.45, 7) is 4.35. The van der Waals surface area contributed by atoms with Crippen molar-refractivity contribution in [2.24, 2.45) is 0 Å². The number of hydrogen-bond acceptors (Lipinski definition) is 2. The lowest BCUT2D eigenvalue weighted by molar-refractivity contribution is -0.137. The second kappa shape index (κ2) is 8.74. The monoisotopic (exact) mass is 364 g/mol. The molecule has 0 aromatic heterocycles. The number of hydrogen-bond donors (Lipinski definition) is 1. The third kappa shape index (κ3) is 5.25. The van der Waals surface area contributed by atoms with Gasteiger partial charge >= 0.3 is 12.3 Å². The largest absolute Gasteiger partial charge is 0.416 e. The zero-order valence-corrected chi connectivity index (χ0v) is 14.7. The molecule has 0 aliphatic heterocycles. The van der Waals surface area contributed by atoms with E-state index in [1.165, 1.54) is 6.07 Å². The standard InChI is InChI=1S/C20H21F3NO2/c1-3-12-24-19(25)26-17-10-8-14(9-11-17)18(4-2)15-6-5-7-16(13-15)20(21,22)23/h5-11,13H,3-4,12H2,1-2H3,(H,24,25). The average Bonchev–Trinajstić information content (AvgIpc) is 2.61. The molecule has 139 valence electrons. The minimum atomic E-state index is -4.38. The van der Waals surface area contributed by atoms with E-state index in [1.54, 1.807) is 30.3 Å². The second-order valence-corrected chi connectivity index (χ2v) is 5.75. The molecule has 6 heteroatoms. The fourth-order valence-electron chi connectivity index (χ4n) is 2.55. The van der Waals surface area contributed by atoms with E-state index in [9.17, 15) is 18.0 Å². The highest BCUT2D eigenvalue weighted by atomic mass is 19.4. The molecule has 0 bridgehead atoms. The Kier molecular flexibility index (Phi) is 6.66. The average molecular weight is 364 g/mol. The number of nitrogens with one attached hydrogen (secondary N) is 1. The van der Waals surface area contributed by atoms with Gasteiger partial charge in [0.25, 0.3) is 0 Å². The normalized spacial score (nSPS) is 11.5. The van der Waals surface area contributed by atoms with Crippen LogP contribution < -0.4 is 10.1 Å². The van der Waals surface area contributed by atoms with Gasteiger partial charge in [-0.25, -0.2) is 4.79 Å². The molecule has 0 aliphatic carbocycles. The van der Waals surface area contributed by atoms with E-state index in [0.717, 1.165) is 30.0 Å². The smallest absolute Gasteiger partial charge is 0.410 e. The number of carbonyl (C=O) groups excluding carboxylic acids is 1. The summed E-state index contributed by atoms with van der Waals surface area (Å²) in [5, 5.41) is 2.60. The van der Waals surface area contributed by atoms with Gasteiger partial charge in [0.2, 0.25) is 0 Å². The van der Waals surface area contributed by atoms with Gasteiger partial charge in [0.15, 0.2) is 0 Å². The maximum absolute atomic E-state index is 12.9. The van der Waals surface area contributed by atoms with Crippen LogP contribution in [0.15, 0.2) is 48.5 Å². The van der Waals surface area contributed by atoms with Crippen molar-refractivity contribution in [1.29, 1.82) is 0 Å². The minimum absolute atomic E-state index is 0.377. The molecule has 3 nitrogen and oxygen atoms in total. The SMILES string of the molecule is CCCNC(=O)Oc1ccc([C](CC)c2cccc(C(F)(F)F)c2)cc1. The van der Waals surface area contributed by atoms with Crippen molar-refractivity contribution in [2.45, 2.75) is 32.9 Å². The Morgan fingerprint density at radius 3 is 2.31 bits per heavy atom. The summed E-state index contributed by atoms with van der Waals surface area (Å²) in [5.41, 5.74) is 0.637. The molecule has 0 unspecified atom stereocenters. The van der Waals surface area contributed by atoms with Gasteiger partial charge in [-0.1, -0.05) is 44.2 Å². The first-order valence-corrected chi connectivity index (χ1v) is 8.44. The molecule has 0 aliphatic rings. The predicted molar refractivity (Wildman–Crippen MR) is 93.9 cm³/mol. The van der Waals surface area contributed by atoms with Crippen molar-refractivity contribution in [2.75, 3.05) is 6.54 Å². The molecule has 0 atom stereocenters. The van der Waals surface area contributed by atoms with Gasteiger partial charge in [-0.05, 0) is 42.2 Å². The van der Waals surface area contributed by atoms with Crippen LogP contribution in [-0.4, -0.2) is 12.6 Å². The van der Waals surface area contributed by atoms with Gasteiger partial charge in [0.1, 0.15) is 5.75 Å². The first-order chi connectivity index (χ1) is 12.3. The number of alkyl halides is 3. The molecular formula is C20H21F3NO2. The van der Waals surface area contributed by atoms with Crippen molar-refractivity contribution < 1.29 is 22.7 Å². The molecule has 2 aromatic carbocycles. The van der Waals surface area contributed by atoms with E-state index in [1.807, 2.05) is 13.8 Å². The molecule has 1 amide bonds. The van der Waals surface area contributed by atoms with E-state index in [-0.39, 0.29) is 0 Å². The number of carbonyl (C=O) groups is 1. The van der Waals surface area contributed by atoms with Crippen molar-refractivity contribution >= 4 is 6.09 Å². The zero-order chi connectivity index (χ0) is 19.2. The Morgan fingerprint density at radius 2 is 1.73 bits per heavy atom. The van der Waals surface area contributed by atoms with E-state index in [0.29, 0.717) is 24.3 Å². The summed E-state index contributed by atoms with van der Waals surface area (Å²) in [4.78, 5) is 11.6. The highest BCUT2D eigenvalue weighted by Crippen LogP contribution is 2.34. The van der Waals surface area contributed by atoms with Crippen LogP contribution in [-0.2, 0) is 6.18 Å². The number of benzene rings is 2. The van der Waals surface area contributed by atoms with Crippen molar-refractivity contribution in [3.8, 4) is 5.75 Å². The first-order valence-electron chi connectivity index (χ1n) is 8.44. The lowest BCUT2D eigenvalue weighted by atomic mass is 9.88. The van der Waals surface area contributed by atoms with E-state index in [2.05, 4.69) is 5.32 Å². The number of amides is 1. The van der Waals surface area contributed by atoms with Crippen LogP contribution in [0, 0.1) is 5.92 Å². The molecule has 2 aromatic rings. The molecule has 0 spiro atoms. The summed E-state index contributed by atoms with van der Waals surface area (Å²) in [7, 11) is 0. The Bertz CT molecular complexity index is 727. The highest BCUT2D eigenvalue weighted by Gasteiger charge is 2.31. The van der Waals surface area contributed by atoms with Crippen molar-refractivity contribution in [3.05, 3.63) is 71.1 Å². The Hall–Kier alpha value is -2.50. The van der Waals surface area contributed by atoms with Crippen LogP contribution in [0.3, 0.4) is 0 Å². The summed E-state index contributed by atoms with van der Waals surface area (Å²) in [5.74, 6) is 1.17. The lowest BCUT2D eigenvalue weighted by Gasteiger charge is -2.17. The molecule has 0 saturated heterocycles. The summed E-state index contributed by atoms with van der Waals surface area (Å²) in [6, 6.07) is 12.0. The number of halogens is 3. The zero-order valence-electron chi connectivity index (χ0n) is 14.7. The third-order valence-corrected chi connectivity index (χ3v) is 3.82. The van der Waals surface area contributed by atoms with Crippen molar-refractivity contribution in [1.82, 2.24) is 5.32 Å². The summed E-state index contributed by atoms with van der Waals surface area (Å²) in [6.07, 6.45) is -3.53. The second-order valence-electron chi connectivity index (χ2n) is 5.75. The predicted octanol–water partition coefficient (Wildman–Crippen LogP) is 5.58. The molecule has 1 radical (unpaired) electrons. The Balaban J connectivity index is 2.17. The third-order valence-electron chi connectivity index (χ3n) is 3.82. The molecule has 0 saturated carbocycles. The van der Waals surface area contributed by atoms with Gasteiger partial charge in [-0.15, -0.1) is 0 Å². The summed E-state index contributed by atoms with van der Waals surface area (Å²) < 4.78 is 44.0. The number of rotatable bonds is 6. The first kappa shape index (κ1) is 19.8. The number of ether oxygens (including phenoxy) is 1. The van der Waals surface area contributed by atoms with Gasteiger partial charge < -0.3 is 10.1 Å². The van der Waals surface area contributed by atoms with Gasteiger partial charge in [-0.3, -0.25) is 0 Å². The van der Waals surface area contributed by atoms with E-state index < -0.39 is 17.8 Å². The quantitative estimate of drug-likeness (QED) is 0.726. The highest BCUT2D eigenvalue weighted by molar-refractivity contribution is 5.70. The van der Waals surface area contributed by atoms with Crippen LogP contribution >= 0.6 is 0 Å².